The quantitative estimate of drug-likeness (QED) is 0.861. The van der Waals surface area contributed by atoms with Crippen LogP contribution in [0.3, 0.4) is 0 Å². The van der Waals surface area contributed by atoms with Crippen LogP contribution in [-0.2, 0) is 16.0 Å². The molecule has 1 aliphatic rings. The van der Waals surface area contributed by atoms with Gasteiger partial charge in [-0.25, -0.2) is 13.8 Å². The third-order valence-electron chi connectivity index (χ3n) is 3.99. The van der Waals surface area contributed by atoms with Gasteiger partial charge in [-0.1, -0.05) is 0 Å². The van der Waals surface area contributed by atoms with Gasteiger partial charge < -0.3 is 14.1 Å². The van der Waals surface area contributed by atoms with E-state index in [9.17, 15) is 13.6 Å². The molecule has 0 saturated carbocycles. The van der Waals surface area contributed by atoms with Gasteiger partial charge in [-0.3, -0.25) is 4.79 Å². The maximum absolute atomic E-state index is 13.7. The van der Waals surface area contributed by atoms with Crippen LogP contribution in [0, 0.1) is 11.6 Å². The van der Waals surface area contributed by atoms with Crippen molar-refractivity contribution in [2.24, 2.45) is 0 Å². The van der Waals surface area contributed by atoms with Gasteiger partial charge in [0.2, 0.25) is 5.91 Å². The molecular weight excluding hydrogens is 318 g/mol. The molecule has 128 valence electrons. The van der Waals surface area contributed by atoms with Crippen LogP contribution < -0.4 is 0 Å². The Hall–Kier alpha value is -2.28. The average Bonchev–Trinajstić information content (AvgIpc) is 3.01. The van der Waals surface area contributed by atoms with Crippen molar-refractivity contribution >= 4 is 5.91 Å². The number of hydrogen-bond donors (Lipinski definition) is 0. The van der Waals surface area contributed by atoms with Crippen LogP contribution in [0.1, 0.15) is 19.2 Å². The van der Waals surface area contributed by atoms with Gasteiger partial charge in [-0.15, -0.1) is 0 Å². The van der Waals surface area contributed by atoms with Crippen molar-refractivity contribution in [2.75, 3.05) is 19.8 Å². The minimum absolute atomic E-state index is 0.0125. The second-order valence-corrected chi connectivity index (χ2v) is 5.75. The van der Waals surface area contributed by atoms with Gasteiger partial charge in [0.25, 0.3) is 0 Å². The van der Waals surface area contributed by atoms with E-state index in [1.807, 2.05) is 6.92 Å². The molecule has 0 aliphatic carbocycles. The molecule has 1 aromatic heterocycles. The normalized spacial score (nSPS) is 18.0. The minimum Gasteiger partial charge on any atom is -0.441 e. The number of halogens is 2. The largest absolute Gasteiger partial charge is 0.441 e. The number of rotatable bonds is 4. The van der Waals surface area contributed by atoms with E-state index in [-0.39, 0.29) is 29.7 Å². The highest BCUT2D eigenvalue weighted by atomic mass is 19.1. The molecule has 2 aromatic rings. The summed E-state index contributed by atoms with van der Waals surface area (Å²) >= 11 is 0. The highest BCUT2D eigenvalue weighted by Gasteiger charge is 2.23. The second-order valence-electron chi connectivity index (χ2n) is 5.75. The molecule has 1 fully saturated rings. The van der Waals surface area contributed by atoms with Crippen molar-refractivity contribution < 1.29 is 22.7 Å². The van der Waals surface area contributed by atoms with Gasteiger partial charge in [-0.05, 0) is 19.1 Å². The first-order valence-corrected chi connectivity index (χ1v) is 7.82. The zero-order valence-electron chi connectivity index (χ0n) is 13.3. The number of morpholine rings is 1. The number of benzene rings is 1. The van der Waals surface area contributed by atoms with Gasteiger partial charge >= 0.3 is 0 Å². The van der Waals surface area contributed by atoms with Gasteiger partial charge in [0.1, 0.15) is 11.6 Å². The number of amides is 1. The maximum Gasteiger partial charge on any atom is 0.223 e. The number of nitrogens with zero attached hydrogens (tertiary/aromatic N) is 2. The van der Waals surface area contributed by atoms with E-state index in [1.165, 1.54) is 12.3 Å². The third kappa shape index (κ3) is 3.62. The number of carbonyl (C=O) groups is 1. The molecular formula is C17H18F2N2O3. The smallest absolute Gasteiger partial charge is 0.223 e. The van der Waals surface area contributed by atoms with Crippen molar-refractivity contribution in [3.8, 4) is 11.3 Å². The van der Waals surface area contributed by atoms with Crippen LogP contribution in [0.25, 0.3) is 11.3 Å². The lowest BCUT2D eigenvalue weighted by Crippen LogP contribution is -2.47. The van der Waals surface area contributed by atoms with E-state index in [4.69, 9.17) is 9.15 Å². The summed E-state index contributed by atoms with van der Waals surface area (Å²) in [7, 11) is 0. The molecule has 0 unspecified atom stereocenters. The summed E-state index contributed by atoms with van der Waals surface area (Å²) in [6, 6.07) is 3.31. The Bertz CT molecular complexity index is 732. The number of oxazole rings is 1. The Morgan fingerprint density at radius 1 is 1.42 bits per heavy atom. The molecule has 2 heterocycles. The van der Waals surface area contributed by atoms with E-state index in [2.05, 4.69) is 4.98 Å². The maximum atomic E-state index is 13.7. The number of carbonyl (C=O) groups excluding carboxylic acids is 1. The molecule has 24 heavy (non-hydrogen) atoms. The lowest BCUT2D eigenvalue weighted by atomic mass is 10.2. The summed E-state index contributed by atoms with van der Waals surface area (Å²) in [5, 5.41) is 0. The average molecular weight is 336 g/mol. The first kappa shape index (κ1) is 16.6. The summed E-state index contributed by atoms with van der Waals surface area (Å²) in [6.07, 6.45) is 1.97. The van der Waals surface area contributed by atoms with Crippen molar-refractivity contribution in [3.05, 3.63) is 41.9 Å². The lowest BCUT2D eigenvalue weighted by Gasteiger charge is -2.33. The van der Waals surface area contributed by atoms with E-state index in [1.54, 1.807) is 4.90 Å². The standard InChI is InChI=1S/C17H18F2N2O3/c1-11-10-23-7-6-21(11)17(22)5-4-16-20-9-15(24-16)13-3-2-12(18)8-14(13)19/h2-3,8-9,11H,4-7,10H2,1H3/t11-/m0/s1. The summed E-state index contributed by atoms with van der Waals surface area (Å²) in [6.45, 7) is 3.61. The fourth-order valence-electron chi connectivity index (χ4n) is 2.69. The predicted octanol–water partition coefficient (Wildman–Crippen LogP) is 2.80. The Morgan fingerprint density at radius 2 is 2.25 bits per heavy atom. The molecule has 0 spiro atoms. The molecule has 0 bridgehead atoms. The molecule has 7 heteroatoms. The van der Waals surface area contributed by atoms with Crippen LogP contribution in [-0.4, -0.2) is 41.6 Å². The number of ether oxygens (including phenoxy) is 1. The lowest BCUT2D eigenvalue weighted by molar-refractivity contribution is -0.139. The molecule has 3 rings (SSSR count). The zero-order valence-corrected chi connectivity index (χ0v) is 13.3. The Morgan fingerprint density at radius 3 is 3.00 bits per heavy atom. The third-order valence-corrected chi connectivity index (χ3v) is 3.99. The number of hydrogen-bond acceptors (Lipinski definition) is 4. The molecule has 1 amide bonds. The van der Waals surface area contributed by atoms with Crippen molar-refractivity contribution in [1.82, 2.24) is 9.88 Å². The van der Waals surface area contributed by atoms with Crippen LogP contribution in [0.15, 0.2) is 28.8 Å². The van der Waals surface area contributed by atoms with Crippen LogP contribution in [0.4, 0.5) is 8.78 Å². The highest BCUT2D eigenvalue weighted by Crippen LogP contribution is 2.24. The number of aryl methyl sites for hydroxylation is 1. The summed E-state index contributed by atoms with van der Waals surface area (Å²) in [4.78, 5) is 18.1. The van der Waals surface area contributed by atoms with Gasteiger partial charge in [-0.2, -0.15) is 0 Å². The first-order chi connectivity index (χ1) is 11.5. The van der Waals surface area contributed by atoms with Crippen molar-refractivity contribution in [1.29, 1.82) is 0 Å². The van der Waals surface area contributed by atoms with Gasteiger partial charge in [0.05, 0.1) is 31.0 Å². The molecule has 1 aromatic carbocycles. The van der Waals surface area contributed by atoms with Gasteiger partial charge in [0.15, 0.2) is 11.7 Å². The minimum atomic E-state index is -0.712. The summed E-state index contributed by atoms with van der Waals surface area (Å²) in [5.74, 6) is -0.784. The Balaban J connectivity index is 1.63. The second kappa shape index (κ2) is 7.09. The molecule has 5 nitrogen and oxygen atoms in total. The fraction of sp³-hybridized carbons (Fsp3) is 0.412. The van der Waals surface area contributed by atoms with E-state index < -0.39 is 11.6 Å². The van der Waals surface area contributed by atoms with E-state index >= 15 is 0 Å². The van der Waals surface area contributed by atoms with Crippen LogP contribution >= 0.6 is 0 Å². The first-order valence-electron chi connectivity index (χ1n) is 7.82. The van der Waals surface area contributed by atoms with Crippen LogP contribution in [0.5, 0.6) is 0 Å². The molecule has 0 radical (unpaired) electrons. The molecule has 1 saturated heterocycles. The SMILES string of the molecule is C[C@H]1COCCN1C(=O)CCc1ncc(-c2ccc(F)cc2F)o1. The topological polar surface area (TPSA) is 55.6 Å². The van der Waals surface area contributed by atoms with Gasteiger partial charge in [0, 0.05) is 25.5 Å². The van der Waals surface area contributed by atoms with E-state index in [0.717, 1.165) is 12.1 Å². The monoisotopic (exact) mass is 336 g/mol. The molecule has 0 N–H and O–H groups in total. The zero-order chi connectivity index (χ0) is 17.1. The highest BCUT2D eigenvalue weighted by molar-refractivity contribution is 5.76. The van der Waals surface area contributed by atoms with E-state index in [0.29, 0.717) is 32.1 Å². The Labute approximate surface area is 138 Å². The summed E-state index contributed by atoms with van der Waals surface area (Å²) < 4.78 is 37.5. The Kier molecular flexibility index (Phi) is 4.89. The van der Waals surface area contributed by atoms with Crippen LogP contribution in [0.2, 0.25) is 0 Å². The number of aromatic nitrogens is 1. The fourth-order valence-corrected chi connectivity index (χ4v) is 2.69. The predicted molar refractivity (Wildman–Crippen MR) is 82.2 cm³/mol. The van der Waals surface area contributed by atoms with Crippen molar-refractivity contribution in [3.63, 3.8) is 0 Å². The summed E-state index contributed by atoms with van der Waals surface area (Å²) in [5.41, 5.74) is 0.142. The van der Waals surface area contributed by atoms with Crippen molar-refractivity contribution in [2.45, 2.75) is 25.8 Å². The molecule has 1 atom stereocenters. The molecule has 1 aliphatic heterocycles.